The van der Waals surface area contributed by atoms with Crippen molar-refractivity contribution in [2.75, 3.05) is 19.6 Å². The summed E-state index contributed by atoms with van der Waals surface area (Å²) in [6, 6.07) is 2.36. The number of amides is 1. The monoisotopic (exact) mass is 330 g/mol. The van der Waals surface area contributed by atoms with E-state index in [9.17, 15) is 4.79 Å². The van der Waals surface area contributed by atoms with E-state index in [0.717, 1.165) is 44.9 Å². The van der Waals surface area contributed by atoms with Crippen molar-refractivity contribution in [3.05, 3.63) is 18.5 Å². The van der Waals surface area contributed by atoms with Crippen molar-refractivity contribution in [1.82, 2.24) is 20.0 Å². The van der Waals surface area contributed by atoms with E-state index in [2.05, 4.69) is 15.3 Å². The molecule has 0 bridgehead atoms. The Bertz CT molecular complexity index is 536. The number of rotatable bonds is 8. The maximum absolute atomic E-state index is 12.3. The van der Waals surface area contributed by atoms with E-state index < -0.39 is 0 Å². The third-order valence-electron chi connectivity index (χ3n) is 6.13. The Labute approximate surface area is 144 Å². The summed E-state index contributed by atoms with van der Waals surface area (Å²) in [5.74, 6) is 2.50. The van der Waals surface area contributed by atoms with E-state index in [4.69, 9.17) is 0 Å². The van der Waals surface area contributed by atoms with Crippen molar-refractivity contribution >= 4 is 5.91 Å². The van der Waals surface area contributed by atoms with Gasteiger partial charge >= 0.3 is 0 Å². The van der Waals surface area contributed by atoms with Gasteiger partial charge in [0.05, 0.1) is 0 Å². The molecule has 3 aliphatic rings. The Hall–Kier alpha value is -1.36. The van der Waals surface area contributed by atoms with Gasteiger partial charge in [-0.25, -0.2) is 0 Å². The van der Waals surface area contributed by atoms with Crippen LogP contribution < -0.4 is 5.32 Å². The van der Waals surface area contributed by atoms with Gasteiger partial charge in [0.2, 0.25) is 5.91 Å². The highest BCUT2D eigenvalue weighted by Gasteiger charge is 2.42. The average molecular weight is 330 g/mol. The first-order chi connectivity index (χ1) is 11.8. The molecule has 0 radical (unpaired) electrons. The highest BCUT2D eigenvalue weighted by molar-refractivity contribution is 5.76. The molecule has 2 atom stereocenters. The maximum atomic E-state index is 12.3. The lowest BCUT2D eigenvalue weighted by atomic mass is 9.82. The molecule has 4 rings (SSSR count). The summed E-state index contributed by atoms with van der Waals surface area (Å²) in [7, 11) is 0. The van der Waals surface area contributed by atoms with Gasteiger partial charge in [-0.3, -0.25) is 9.48 Å². The second-order valence-corrected chi connectivity index (χ2v) is 8.06. The van der Waals surface area contributed by atoms with Gasteiger partial charge in [0.1, 0.15) is 0 Å². The number of aryl methyl sites for hydroxylation is 1. The fourth-order valence-corrected chi connectivity index (χ4v) is 4.36. The molecule has 3 fully saturated rings. The van der Waals surface area contributed by atoms with Gasteiger partial charge in [-0.1, -0.05) is 6.42 Å². The molecule has 1 amide bonds. The van der Waals surface area contributed by atoms with Crippen molar-refractivity contribution in [3.8, 4) is 0 Å². The van der Waals surface area contributed by atoms with Crippen LogP contribution in [-0.4, -0.2) is 46.3 Å². The number of nitrogens with zero attached hydrogens (tertiary/aromatic N) is 3. The normalized spacial score (nSPS) is 28.0. The molecule has 24 heavy (non-hydrogen) atoms. The smallest absolute Gasteiger partial charge is 0.220 e. The van der Waals surface area contributed by atoms with Crippen molar-refractivity contribution in [2.45, 2.75) is 57.5 Å². The lowest BCUT2D eigenvalue weighted by Gasteiger charge is -2.26. The van der Waals surface area contributed by atoms with Crippen molar-refractivity contribution in [2.24, 2.45) is 17.8 Å². The van der Waals surface area contributed by atoms with Crippen LogP contribution in [0, 0.1) is 17.8 Å². The van der Waals surface area contributed by atoms with Gasteiger partial charge in [-0.2, -0.15) is 5.10 Å². The third-order valence-corrected chi connectivity index (χ3v) is 6.13. The SMILES string of the molecule is O=C(CC1CCC1)N[C@H]1CN(CCCn2cccn2)C[C@@H]1C1CC1. The second kappa shape index (κ2) is 7.26. The molecule has 1 N–H and O–H groups in total. The van der Waals surface area contributed by atoms with Crippen LogP contribution in [0.5, 0.6) is 0 Å². The molecule has 132 valence electrons. The average Bonchev–Trinajstić information content (AvgIpc) is 3.09. The summed E-state index contributed by atoms with van der Waals surface area (Å²) in [5.41, 5.74) is 0. The summed E-state index contributed by atoms with van der Waals surface area (Å²) < 4.78 is 2.01. The zero-order valence-electron chi connectivity index (χ0n) is 14.6. The molecule has 0 aromatic carbocycles. The third kappa shape index (κ3) is 4.00. The Morgan fingerprint density at radius 2 is 2.04 bits per heavy atom. The van der Waals surface area contributed by atoms with E-state index in [0.29, 0.717) is 23.8 Å². The van der Waals surface area contributed by atoms with Crippen molar-refractivity contribution in [1.29, 1.82) is 0 Å². The van der Waals surface area contributed by atoms with Crippen molar-refractivity contribution in [3.63, 3.8) is 0 Å². The summed E-state index contributed by atoms with van der Waals surface area (Å²) >= 11 is 0. The number of likely N-dealkylation sites (tertiary alicyclic amines) is 1. The van der Waals surface area contributed by atoms with Crippen molar-refractivity contribution < 1.29 is 4.79 Å². The Morgan fingerprint density at radius 1 is 1.17 bits per heavy atom. The molecular weight excluding hydrogens is 300 g/mol. The number of nitrogens with one attached hydrogen (secondary N) is 1. The van der Waals surface area contributed by atoms with Crippen LogP contribution in [0.3, 0.4) is 0 Å². The molecule has 1 aromatic heterocycles. The number of carbonyl (C=O) groups excluding carboxylic acids is 1. The molecule has 2 heterocycles. The molecule has 1 saturated heterocycles. The molecule has 0 unspecified atom stereocenters. The standard InChI is InChI=1S/C19H30N4O/c24-19(12-15-4-1-5-15)21-18-14-22(13-17(18)16-6-7-16)9-3-11-23-10-2-8-20-23/h2,8,10,15-18H,1,3-7,9,11-14H2,(H,21,24)/t17-,18+/m1/s1. The predicted molar refractivity (Wildman–Crippen MR) is 93.4 cm³/mol. The molecule has 0 spiro atoms. The summed E-state index contributed by atoms with van der Waals surface area (Å²) in [6.07, 6.45) is 12.3. The molecular formula is C19H30N4O. The van der Waals surface area contributed by atoms with Gasteiger partial charge in [0, 0.05) is 44.5 Å². The molecule has 1 aromatic rings. The summed E-state index contributed by atoms with van der Waals surface area (Å²) in [4.78, 5) is 14.9. The highest BCUT2D eigenvalue weighted by atomic mass is 16.1. The Kier molecular flexibility index (Phi) is 4.88. The zero-order chi connectivity index (χ0) is 16.4. The number of hydrogen-bond acceptors (Lipinski definition) is 3. The lowest BCUT2D eigenvalue weighted by molar-refractivity contribution is -0.123. The highest BCUT2D eigenvalue weighted by Crippen LogP contribution is 2.41. The minimum Gasteiger partial charge on any atom is -0.352 e. The zero-order valence-corrected chi connectivity index (χ0v) is 14.6. The van der Waals surface area contributed by atoms with Crippen LogP contribution in [0.1, 0.15) is 44.9 Å². The quantitative estimate of drug-likeness (QED) is 0.796. The maximum Gasteiger partial charge on any atom is 0.220 e. The first kappa shape index (κ1) is 16.1. The first-order valence-electron chi connectivity index (χ1n) is 9.77. The fourth-order valence-electron chi connectivity index (χ4n) is 4.36. The van der Waals surface area contributed by atoms with Gasteiger partial charge in [0.25, 0.3) is 0 Å². The van der Waals surface area contributed by atoms with E-state index in [1.165, 1.54) is 32.1 Å². The minimum atomic E-state index is 0.300. The molecule has 5 nitrogen and oxygen atoms in total. The molecule has 1 aliphatic heterocycles. The van der Waals surface area contributed by atoms with E-state index in [1.54, 1.807) is 0 Å². The van der Waals surface area contributed by atoms with Crippen LogP contribution >= 0.6 is 0 Å². The van der Waals surface area contributed by atoms with Crippen LogP contribution in [0.25, 0.3) is 0 Å². The van der Waals surface area contributed by atoms with E-state index in [1.807, 2.05) is 23.1 Å². The minimum absolute atomic E-state index is 0.300. The van der Waals surface area contributed by atoms with Crippen LogP contribution in [0.15, 0.2) is 18.5 Å². The molecule has 5 heteroatoms. The summed E-state index contributed by atoms with van der Waals surface area (Å²) in [5, 5.41) is 7.66. The molecule has 2 aliphatic carbocycles. The van der Waals surface area contributed by atoms with Crippen LogP contribution in [0.2, 0.25) is 0 Å². The Morgan fingerprint density at radius 3 is 2.71 bits per heavy atom. The molecule has 2 saturated carbocycles. The Balaban J connectivity index is 1.24. The summed E-state index contributed by atoms with van der Waals surface area (Å²) in [6.45, 7) is 4.29. The lowest BCUT2D eigenvalue weighted by Crippen LogP contribution is -2.42. The number of aromatic nitrogens is 2. The topological polar surface area (TPSA) is 50.2 Å². The van der Waals surface area contributed by atoms with E-state index >= 15 is 0 Å². The predicted octanol–water partition coefficient (Wildman–Crippen LogP) is 2.29. The van der Waals surface area contributed by atoms with E-state index in [-0.39, 0.29) is 0 Å². The van der Waals surface area contributed by atoms with Crippen LogP contribution in [0.4, 0.5) is 0 Å². The van der Waals surface area contributed by atoms with Gasteiger partial charge in [-0.15, -0.1) is 0 Å². The van der Waals surface area contributed by atoms with Crippen LogP contribution in [-0.2, 0) is 11.3 Å². The number of hydrogen-bond donors (Lipinski definition) is 1. The first-order valence-corrected chi connectivity index (χ1v) is 9.77. The van der Waals surface area contributed by atoms with Gasteiger partial charge in [0.15, 0.2) is 0 Å². The van der Waals surface area contributed by atoms with Gasteiger partial charge < -0.3 is 10.2 Å². The largest absolute Gasteiger partial charge is 0.352 e. The fraction of sp³-hybridized carbons (Fsp3) is 0.789. The number of carbonyl (C=O) groups is 1. The second-order valence-electron chi connectivity index (χ2n) is 8.06. The van der Waals surface area contributed by atoms with Gasteiger partial charge in [-0.05, 0) is 62.5 Å².